The summed E-state index contributed by atoms with van der Waals surface area (Å²) in [6, 6.07) is 7.52. The molecule has 1 saturated heterocycles. The van der Waals surface area contributed by atoms with E-state index in [1.54, 1.807) is 12.1 Å². The number of amides is 4. The summed E-state index contributed by atoms with van der Waals surface area (Å²) in [7, 11) is 2.76. The van der Waals surface area contributed by atoms with Gasteiger partial charge in [-0.3, -0.25) is 19.9 Å². The molecule has 0 aliphatic carbocycles. The summed E-state index contributed by atoms with van der Waals surface area (Å²) in [5, 5.41) is 4.86. The molecule has 11 heteroatoms. The number of ether oxygens (including phenoxy) is 2. The number of carbonyl (C=O) groups is 4. The van der Waals surface area contributed by atoms with Crippen molar-refractivity contribution in [2.75, 3.05) is 27.3 Å². The molecule has 1 fully saturated rings. The fraction of sp³-hybridized carbons (Fsp3) is 0.261. The number of carbonyl (C=O) groups excluding carboxylic acids is 4. The van der Waals surface area contributed by atoms with Gasteiger partial charge in [0.05, 0.1) is 26.3 Å². The van der Waals surface area contributed by atoms with Gasteiger partial charge in [-0.1, -0.05) is 6.07 Å². The van der Waals surface area contributed by atoms with E-state index in [-0.39, 0.29) is 29.4 Å². The molecule has 1 atom stereocenters. The number of rotatable bonds is 5. The highest BCUT2D eigenvalue weighted by atomic mass is 16.5. The van der Waals surface area contributed by atoms with Gasteiger partial charge in [-0.2, -0.15) is 0 Å². The number of imide groups is 1. The summed E-state index contributed by atoms with van der Waals surface area (Å²) in [6.45, 7) is 0.178. The molecule has 11 nitrogen and oxygen atoms in total. The molecule has 0 radical (unpaired) electrons. The van der Waals surface area contributed by atoms with Gasteiger partial charge in [-0.15, -0.1) is 0 Å². The standard InChI is InChI=1S/C23H20N4O7/c1-32-14-4-3-12-5-6-27(19(28)15(12)8-14)11-23(21(30)25-22(31)26-23)18-9-16-17(34-18)7-13(10-24-16)20(29)33-2/h3-4,7-10H,5-6,11H2,1-2H3,(H2,25,26,30,31)/t23-/m0/s1. The normalized spacial score (nSPS) is 19.6. The lowest BCUT2D eigenvalue weighted by Gasteiger charge is -2.34. The van der Waals surface area contributed by atoms with E-state index in [2.05, 4.69) is 15.6 Å². The Morgan fingerprint density at radius 1 is 1.21 bits per heavy atom. The number of aromatic nitrogens is 1. The van der Waals surface area contributed by atoms with Crippen LogP contribution in [-0.4, -0.2) is 61.0 Å². The minimum atomic E-state index is -1.67. The van der Waals surface area contributed by atoms with Crippen molar-refractivity contribution in [3.8, 4) is 5.75 Å². The molecule has 2 aromatic heterocycles. The van der Waals surface area contributed by atoms with Gasteiger partial charge in [0.1, 0.15) is 17.0 Å². The van der Waals surface area contributed by atoms with E-state index < -0.39 is 23.4 Å². The number of urea groups is 1. The minimum absolute atomic E-state index is 0.0876. The number of furan rings is 1. The largest absolute Gasteiger partial charge is 0.497 e. The minimum Gasteiger partial charge on any atom is -0.497 e. The van der Waals surface area contributed by atoms with Crippen LogP contribution >= 0.6 is 0 Å². The molecular weight excluding hydrogens is 444 g/mol. The Morgan fingerprint density at radius 2 is 2.03 bits per heavy atom. The molecule has 0 unspecified atom stereocenters. The monoisotopic (exact) mass is 464 g/mol. The molecule has 0 spiro atoms. The lowest BCUT2D eigenvalue weighted by atomic mass is 9.92. The number of esters is 1. The van der Waals surface area contributed by atoms with E-state index in [4.69, 9.17) is 13.9 Å². The highest BCUT2D eigenvalue weighted by Gasteiger charge is 2.52. The van der Waals surface area contributed by atoms with Crippen molar-refractivity contribution in [3.63, 3.8) is 0 Å². The third-order valence-electron chi connectivity index (χ3n) is 6.07. The molecule has 2 N–H and O–H groups in total. The highest BCUT2D eigenvalue weighted by molar-refractivity contribution is 6.08. The van der Waals surface area contributed by atoms with Crippen LogP contribution in [0.4, 0.5) is 4.79 Å². The Morgan fingerprint density at radius 3 is 2.74 bits per heavy atom. The van der Waals surface area contributed by atoms with Gasteiger partial charge in [0.25, 0.3) is 11.8 Å². The molecule has 4 heterocycles. The van der Waals surface area contributed by atoms with Gasteiger partial charge < -0.3 is 24.1 Å². The number of nitrogens with one attached hydrogen (secondary N) is 2. The van der Waals surface area contributed by atoms with Crippen molar-refractivity contribution < 1.29 is 33.1 Å². The number of methoxy groups -OCH3 is 2. The highest BCUT2D eigenvalue weighted by Crippen LogP contribution is 2.33. The molecule has 5 rings (SSSR count). The number of fused-ring (bicyclic) bond motifs is 2. The number of nitrogens with zero attached hydrogens (tertiary/aromatic N) is 2. The van der Waals surface area contributed by atoms with Gasteiger partial charge >= 0.3 is 12.0 Å². The molecule has 34 heavy (non-hydrogen) atoms. The zero-order chi connectivity index (χ0) is 24.0. The first-order valence-electron chi connectivity index (χ1n) is 10.4. The summed E-state index contributed by atoms with van der Waals surface area (Å²) in [5.74, 6) is -0.920. The second kappa shape index (κ2) is 7.87. The van der Waals surface area contributed by atoms with E-state index in [1.807, 2.05) is 6.07 Å². The Bertz CT molecular complexity index is 1360. The number of pyridine rings is 1. The van der Waals surface area contributed by atoms with Crippen LogP contribution < -0.4 is 15.4 Å². The van der Waals surface area contributed by atoms with Crippen LogP contribution in [0.25, 0.3) is 11.1 Å². The van der Waals surface area contributed by atoms with E-state index in [1.165, 1.54) is 37.4 Å². The first kappa shape index (κ1) is 21.4. The Balaban J connectivity index is 1.54. The Kier molecular flexibility index (Phi) is 4.96. The van der Waals surface area contributed by atoms with Crippen LogP contribution in [-0.2, 0) is 21.5 Å². The van der Waals surface area contributed by atoms with Crippen LogP contribution in [0.3, 0.4) is 0 Å². The maximum absolute atomic E-state index is 13.3. The fourth-order valence-corrected chi connectivity index (χ4v) is 4.28. The van der Waals surface area contributed by atoms with Crippen molar-refractivity contribution in [2.45, 2.75) is 12.0 Å². The van der Waals surface area contributed by atoms with E-state index >= 15 is 0 Å². The van der Waals surface area contributed by atoms with Gasteiger partial charge in [0.15, 0.2) is 11.1 Å². The maximum atomic E-state index is 13.3. The predicted octanol–water partition coefficient (Wildman–Crippen LogP) is 1.36. The second-order valence-electron chi connectivity index (χ2n) is 8.02. The zero-order valence-electron chi connectivity index (χ0n) is 18.3. The van der Waals surface area contributed by atoms with Gasteiger partial charge in [-0.05, 0) is 30.2 Å². The topological polar surface area (TPSA) is 140 Å². The van der Waals surface area contributed by atoms with Crippen LogP contribution in [0.1, 0.15) is 32.0 Å². The third kappa shape index (κ3) is 3.33. The number of hydrogen-bond acceptors (Lipinski definition) is 8. The molecule has 0 bridgehead atoms. The maximum Gasteiger partial charge on any atom is 0.339 e. The van der Waals surface area contributed by atoms with Crippen molar-refractivity contribution in [2.24, 2.45) is 0 Å². The molecule has 1 aromatic carbocycles. The first-order valence-corrected chi connectivity index (χ1v) is 10.4. The summed E-state index contributed by atoms with van der Waals surface area (Å²) in [5.41, 5.74) is 0.442. The van der Waals surface area contributed by atoms with E-state index in [9.17, 15) is 19.2 Å². The first-order chi connectivity index (χ1) is 16.3. The molecule has 4 amide bonds. The lowest BCUT2D eigenvalue weighted by molar-refractivity contribution is -0.125. The summed E-state index contributed by atoms with van der Waals surface area (Å²) >= 11 is 0. The lowest BCUT2D eigenvalue weighted by Crippen LogP contribution is -2.55. The van der Waals surface area contributed by atoms with Crippen LogP contribution in [0.2, 0.25) is 0 Å². The van der Waals surface area contributed by atoms with Gasteiger partial charge in [0, 0.05) is 24.4 Å². The van der Waals surface area contributed by atoms with Crippen LogP contribution in [0, 0.1) is 0 Å². The molecule has 3 aromatic rings. The van der Waals surface area contributed by atoms with Crippen molar-refractivity contribution in [3.05, 3.63) is 59.0 Å². The van der Waals surface area contributed by atoms with Crippen LogP contribution in [0.5, 0.6) is 5.75 Å². The van der Waals surface area contributed by atoms with Crippen molar-refractivity contribution >= 4 is 34.9 Å². The van der Waals surface area contributed by atoms with Gasteiger partial charge in [0.2, 0.25) is 0 Å². The van der Waals surface area contributed by atoms with Crippen molar-refractivity contribution in [1.29, 1.82) is 0 Å². The van der Waals surface area contributed by atoms with E-state index in [0.717, 1.165) is 5.56 Å². The fourth-order valence-electron chi connectivity index (χ4n) is 4.28. The van der Waals surface area contributed by atoms with E-state index in [0.29, 0.717) is 29.8 Å². The second-order valence-corrected chi connectivity index (χ2v) is 8.02. The number of benzene rings is 1. The molecule has 2 aliphatic rings. The zero-order valence-corrected chi connectivity index (χ0v) is 18.3. The summed E-state index contributed by atoms with van der Waals surface area (Å²) in [6.07, 6.45) is 1.90. The average molecular weight is 464 g/mol. The Labute approximate surface area is 193 Å². The summed E-state index contributed by atoms with van der Waals surface area (Å²) in [4.78, 5) is 56.0. The molecule has 174 valence electrons. The summed E-state index contributed by atoms with van der Waals surface area (Å²) < 4.78 is 15.8. The molecule has 2 aliphatic heterocycles. The van der Waals surface area contributed by atoms with Crippen LogP contribution in [0.15, 0.2) is 40.9 Å². The smallest absolute Gasteiger partial charge is 0.339 e. The SMILES string of the molecule is COC(=O)c1cnc2cc([C@]3(CN4CCc5ccc(OC)cc5C4=O)NC(=O)NC3=O)oc2c1. The van der Waals surface area contributed by atoms with Gasteiger partial charge in [-0.25, -0.2) is 9.59 Å². The van der Waals surface area contributed by atoms with Crippen molar-refractivity contribution in [1.82, 2.24) is 20.5 Å². The number of hydrogen-bond donors (Lipinski definition) is 2. The quantitative estimate of drug-likeness (QED) is 0.426. The molecule has 0 saturated carbocycles. The Hall–Kier alpha value is -4.41. The predicted molar refractivity (Wildman–Crippen MR) is 116 cm³/mol. The third-order valence-corrected chi connectivity index (χ3v) is 6.07. The molecular formula is C23H20N4O7. The average Bonchev–Trinajstić information content (AvgIpc) is 3.40.